The van der Waals surface area contributed by atoms with Gasteiger partial charge >= 0.3 is 0 Å². The molecule has 0 unspecified atom stereocenters. The summed E-state index contributed by atoms with van der Waals surface area (Å²) in [5.74, 6) is -0.404. The molecule has 0 radical (unpaired) electrons. The van der Waals surface area contributed by atoms with Gasteiger partial charge in [0.25, 0.3) is 11.8 Å². The number of benzene rings is 1. The maximum Gasteiger partial charge on any atom is 0.282 e. The molecule has 0 atom stereocenters. The number of rotatable bonds is 3. The van der Waals surface area contributed by atoms with Crippen LogP contribution in [0.4, 0.5) is 5.69 Å². The number of imide groups is 1. The Hall–Kier alpha value is -2.40. The van der Waals surface area contributed by atoms with E-state index in [0.29, 0.717) is 17.0 Å². The highest BCUT2D eigenvalue weighted by Crippen LogP contribution is 2.38. The van der Waals surface area contributed by atoms with E-state index in [1.54, 1.807) is 0 Å². The number of likely N-dealkylation sites (tertiary alicyclic amines) is 1. The van der Waals surface area contributed by atoms with E-state index in [9.17, 15) is 9.59 Å². The molecule has 2 aliphatic heterocycles. The van der Waals surface area contributed by atoms with Gasteiger partial charge in [0.1, 0.15) is 5.70 Å². The van der Waals surface area contributed by atoms with Gasteiger partial charge in [0, 0.05) is 18.0 Å². The van der Waals surface area contributed by atoms with Crippen molar-refractivity contribution in [3.63, 3.8) is 0 Å². The fourth-order valence-electron chi connectivity index (χ4n) is 3.43. The first-order chi connectivity index (χ1) is 11.7. The van der Waals surface area contributed by atoms with Crippen molar-refractivity contribution >= 4 is 34.4 Å². The van der Waals surface area contributed by atoms with E-state index < -0.39 is 0 Å². The molecule has 0 bridgehead atoms. The second kappa shape index (κ2) is 5.91. The van der Waals surface area contributed by atoms with Gasteiger partial charge in [0.2, 0.25) is 0 Å². The smallest absolute Gasteiger partial charge is 0.282 e. The van der Waals surface area contributed by atoms with Crippen LogP contribution < -0.4 is 4.90 Å². The van der Waals surface area contributed by atoms with Gasteiger partial charge in [0.05, 0.1) is 11.3 Å². The maximum atomic E-state index is 13.2. The van der Waals surface area contributed by atoms with E-state index >= 15 is 0 Å². The second-order valence-electron chi connectivity index (χ2n) is 6.13. The Kier molecular flexibility index (Phi) is 3.73. The van der Waals surface area contributed by atoms with Crippen LogP contribution in [0, 0.1) is 6.92 Å². The fraction of sp³-hybridized carbons (Fsp3) is 0.263. The lowest BCUT2D eigenvalue weighted by Gasteiger charge is -2.21. The van der Waals surface area contributed by atoms with Crippen LogP contribution in [0.5, 0.6) is 0 Å². The van der Waals surface area contributed by atoms with Crippen LogP contribution in [0.1, 0.15) is 23.3 Å². The highest BCUT2D eigenvalue weighted by atomic mass is 32.1. The van der Waals surface area contributed by atoms with Crippen molar-refractivity contribution in [3.8, 4) is 0 Å². The summed E-state index contributed by atoms with van der Waals surface area (Å²) in [4.78, 5) is 30.6. The van der Waals surface area contributed by atoms with Crippen LogP contribution in [0.3, 0.4) is 0 Å². The minimum atomic E-state index is -0.210. The Morgan fingerprint density at radius 1 is 0.958 bits per heavy atom. The number of para-hydroxylation sites is 1. The van der Waals surface area contributed by atoms with Gasteiger partial charge in [-0.15, -0.1) is 11.3 Å². The molecule has 0 spiro atoms. The van der Waals surface area contributed by atoms with Crippen LogP contribution in [0.25, 0.3) is 5.57 Å². The van der Waals surface area contributed by atoms with E-state index in [0.717, 1.165) is 36.4 Å². The molecule has 4 rings (SSSR count). The van der Waals surface area contributed by atoms with Crippen molar-refractivity contribution < 1.29 is 9.59 Å². The minimum Gasteiger partial charge on any atom is -0.366 e. The van der Waals surface area contributed by atoms with E-state index in [4.69, 9.17) is 0 Å². The molecule has 1 aromatic carbocycles. The van der Waals surface area contributed by atoms with E-state index in [-0.39, 0.29) is 11.8 Å². The predicted octanol–water partition coefficient (Wildman–Crippen LogP) is 3.44. The molecule has 1 saturated heterocycles. The van der Waals surface area contributed by atoms with Gasteiger partial charge in [-0.1, -0.05) is 24.3 Å². The fourth-order valence-corrected chi connectivity index (χ4v) is 4.19. The number of hydrogen-bond acceptors (Lipinski definition) is 4. The number of anilines is 1. The lowest BCUT2D eigenvalue weighted by atomic mass is 10.1. The van der Waals surface area contributed by atoms with E-state index in [1.165, 1.54) is 16.2 Å². The zero-order chi connectivity index (χ0) is 16.7. The monoisotopic (exact) mass is 338 g/mol. The van der Waals surface area contributed by atoms with Crippen LogP contribution in [0.15, 0.2) is 47.5 Å². The first kappa shape index (κ1) is 15.1. The minimum absolute atomic E-state index is 0.195. The first-order valence-corrected chi connectivity index (χ1v) is 9.04. The zero-order valence-corrected chi connectivity index (χ0v) is 14.3. The van der Waals surface area contributed by atoms with E-state index in [2.05, 4.69) is 4.90 Å². The van der Waals surface area contributed by atoms with Crippen LogP contribution in [0.2, 0.25) is 0 Å². The largest absolute Gasteiger partial charge is 0.366 e. The summed E-state index contributed by atoms with van der Waals surface area (Å²) in [6.45, 7) is 3.60. The van der Waals surface area contributed by atoms with Crippen molar-refractivity contribution in [3.05, 3.63) is 57.9 Å². The Labute approximate surface area is 145 Å². The van der Waals surface area contributed by atoms with Gasteiger partial charge in [-0.05, 0) is 42.8 Å². The molecule has 4 nitrogen and oxygen atoms in total. The third-order valence-corrected chi connectivity index (χ3v) is 5.49. The standard InChI is InChI=1S/C19H18N2O2S/c1-13-7-2-3-8-14(13)21-18(22)16(15-9-6-12-24-15)17(19(21)23)20-10-4-5-11-20/h2-3,6-9,12H,4-5,10-11H2,1H3. The number of nitrogens with zero attached hydrogens (tertiary/aromatic N) is 2. The number of thiophene rings is 1. The van der Waals surface area contributed by atoms with Crippen molar-refractivity contribution in [2.75, 3.05) is 18.0 Å². The maximum absolute atomic E-state index is 13.2. The number of carbonyl (C=O) groups excluding carboxylic acids is 2. The third kappa shape index (κ3) is 2.27. The molecule has 24 heavy (non-hydrogen) atoms. The predicted molar refractivity (Wildman–Crippen MR) is 95.7 cm³/mol. The van der Waals surface area contributed by atoms with Crippen LogP contribution in [-0.4, -0.2) is 29.8 Å². The highest BCUT2D eigenvalue weighted by Gasteiger charge is 2.43. The van der Waals surface area contributed by atoms with Crippen LogP contribution >= 0.6 is 11.3 Å². The molecule has 0 aliphatic carbocycles. The quantitative estimate of drug-likeness (QED) is 0.805. The topological polar surface area (TPSA) is 40.6 Å². The lowest BCUT2D eigenvalue weighted by molar-refractivity contribution is -0.120. The molecule has 1 fully saturated rings. The number of hydrogen-bond donors (Lipinski definition) is 0. The molecule has 1 aromatic heterocycles. The summed E-state index contributed by atoms with van der Waals surface area (Å²) in [7, 11) is 0. The average molecular weight is 338 g/mol. The zero-order valence-electron chi connectivity index (χ0n) is 13.5. The SMILES string of the molecule is Cc1ccccc1N1C(=O)C(c2cccs2)=C(N2CCCC2)C1=O. The average Bonchev–Trinajstić information content (AvgIpc) is 3.30. The Morgan fingerprint density at radius 2 is 1.71 bits per heavy atom. The van der Waals surface area contributed by atoms with Gasteiger partial charge in [-0.25, -0.2) is 4.90 Å². The molecular formula is C19H18N2O2S. The molecule has 3 heterocycles. The highest BCUT2D eigenvalue weighted by molar-refractivity contribution is 7.11. The normalized spacial score (nSPS) is 18.2. The van der Waals surface area contributed by atoms with Crippen molar-refractivity contribution in [1.82, 2.24) is 4.90 Å². The van der Waals surface area contributed by atoms with Gasteiger partial charge in [-0.3, -0.25) is 9.59 Å². The Bertz CT molecular complexity index is 833. The van der Waals surface area contributed by atoms with E-state index in [1.807, 2.05) is 48.7 Å². The molecule has 122 valence electrons. The van der Waals surface area contributed by atoms with Gasteiger partial charge in [-0.2, -0.15) is 0 Å². The number of carbonyl (C=O) groups is 2. The summed E-state index contributed by atoms with van der Waals surface area (Å²) in [5.41, 5.74) is 2.73. The lowest BCUT2D eigenvalue weighted by Crippen LogP contribution is -2.34. The molecule has 5 heteroatoms. The molecule has 2 aromatic rings. The molecule has 2 amide bonds. The van der Waals surface area contributed by atoms with Crippen molar-refractivity contribution in [1.29, 1.82) is 0 Å². The number of aryl methyl sites for hydroxylation is 1. The van der Waals surface area contributed by atoms with Gasteiger partial charge < -0.3 is 4.90 Å². The van der Waals surface area contributed by atoms with Crippen molar-refractivity contribution in [2.45, 2.75) is 19.8 Å². The summed E-state index contributed by atoms with van der Waals surface area (Å²) >= 11 is 1.51. The summed E-state index contributed by atoms with van der Waals surface area (Å²) in [6.07, 6.45) is 2.13. The number of amides is 2. The summed E-state index contributed by atoms with van der Waals surface area (Å²) < 4.78 is 0. The molecular weight excluding hydrogens is 320 g/mol. The summed E-state index contributed by atoms with van der Waals surface area (Å²) in [5, 5.41) is 1.94. The Balaban J connectivity index is 1.85. The Morgan fingerprint density at radius 3 is 2.38 bits per heavy atom. The molecule has 0 saturated carbocycles. The van der Waals surface area contributed by atoms with Crippen molar-refractivity contribution in [2.24, 2.45) is 0 Å². The van der Waals surface area contributed by atoms with Crippen LogP contribution in [-0.2, 0) is 9.59 Å². The third-order valence-electron chi connectivity index (χ3n) is 4.61. The molecule has 2 aliphatic rings. The summed E-state index contributed by atoms with van der Waals surface area (Å²) in [6, 6.07) is 11.4. The van der Waals surface area contributed by atoms with Gasteiger partial charge in [0.15, 0.2) is 0 Å². The molecule has 0 N–H and O–H groups in total. The first-order valence-electron chi connectivity index (χ1n) is 8.16. The second-order valence-corrected chi connectivity index (χ2v) is 7.07.